The fourth-order valence-electron chi connectivity index (χ4n) is 2.17. The highest BCUT2D eigenvalue weighted by atomic mass is 16.5. The predicted molar refractivity (Wildman–Crippen MR) is 77.6 cm³/mol. The largest absolute Gasteiger partial charge is 0.508 e. The summed E-state index contributed by atoms with van der Waals surface area (Å²) in [6.07, 6.45) is 0. The third kappa shape index (κ3) is 2.18. The molecule has 0 fully saturated rings. The zero-order valence-corrected chi connectivity index (χ0v) is 11.2. The number of hydrogen-bond acceptors (Lipinski definition) is 4. The van der Waals surface area contributed by atoms with Crippen LogP contribution in [0.3, 0.4) is 0 Å². The van der Waals surface area contributed by atoms with Crippen LogP contribution in [0.2, 0.25) is 0 Å². The van der Waals surface area contributed by atoms with Gasteiger partial charge in [-0.2, -0.15) is 0 Å². The van der Waals surface area contributed by atoms with E-state index in [0.29, 0.717) is 16.7 Å². The molecule has 106 valence electrons. The standard InChI is InChI=1S/C16H12O5/c1-20-16-11-6-7-13(9-2-4-10(17)5-3-9)21-14(11)8-12(18)15(16)19/h2-8H,1H3,(H2-,17,18,19)/p+1. The maximum absolute atomic E-state index is 9.77. The SMILES string of the molecule is COc1c(O)c(O)cc2[o+]c(-c3ccc(O)cc3)ccc12. The molecule has 2 aromatic carbocycles. The van der Waals surface area contributed by atoms with Crippen LogP contribution in [0, 0.1) is 0 Å². The van der Waals surface area contributed by atoms with Gasteiger partial charge in [0.25, 0.3) is 0 Å². The van der Waals surface area contributed by atoms with Gasteiger partial charge in [0, 0.05) is 6.07 Å². The molecule has 0 atom stereocenters. The molecule has 5 nitrogen and oxygen atoms in total. The Morgan fingerprint density at radius 2 is 1.67 bits per heavy atom. The van der Waals surface area contributed by atoms with Gasteiger partial charge in [0.1, 0.15) is 11.1 Å². The van der Waals surface area contributed by atoms with Gasteiger partial charge in [0.2, 0.25) is 5.75 Å². The van der Waals surface area contributed by atoms with Crippen molar-refractivity contribution < 1.29 is 24.5 Å². The highest BCUT2D eigenvalue weighted by Gasteiger charge is 2.22. The van der Waals surface area contributed by atoms with Gasteiger partial charge in [-0.3, -0.25) is 0 Å². The summed E-state index contributed by atoms with van der Waals surface area (Å²) in [5.41, 5.74) is 1.16. The summed E-state index contributed by atoms with van der Waals surface area (Å²) in [6.45, 7) is 0. The van der Waals surface area contributed by atoms with Gasteiger partial charge in [-0.15, -0.1) is 0 Å². The molecule has 21 heavy (non-hydrogen) atoms. The Labute approximate surface area is 120 Å². The molecule has 1 aromatic heterocycles. The summed E-state index contributed by atoms with van der Waals surface area (Å²) < 4.78 is 10.8. The van der Waals surface area contributed by atoms with Crippen molar-refractivity contribution in [3.8, 4) is 34.3 Å². The van der Waals surface area contributed by atoms with Crippen LogP contribution in [0.1, 0.15) is 0 Å². The monoisotopic (exact) mass is 285 g/mol. The van der Waals surface area contributed by atoms with Crippen LogP contribution in [-0.2, 0) is 0 Å². The summed E-state index contributed by atoms with van der Waals surface area (Å²) in [5, 5.41) is 29.3. The molecule has 3 N–H and O–H groups in total. The van der Waals surface area contributed by atoms with Crippen LogP contribution in [0.4, 0.5) is 0 Å². The molecule has 0 aliphatic heterocycles. The van der Waals surface area contributed by atoms with Crippen molar-refractivity contribution in [2.75, 3.05) is 7.11 Å². The first-order valence-electron chi connectivity index (χ1n) is 6.25. The van der Waals surface area contributed by atoms with Crippen molar-refractivity contribution in [1.82, 2.24) is 0 Å². The van der Waals surface area contributed by atoms with Crippen molar-refractivity contribution in [2.45, 2.75) is 0 Å². The number of benzene rings is 2. The van der Waals surface area contributed by atoms with E-state index in [1.54, 1.807) is 36.4 Å². The summed E-state index contributed by atoms with van der Waals surface area (Å²) >= 11 is 0. The zero-order valence-electron chi connectivity index (χ0n) is 11.2. The quantitative estimate of drug-likeness (QED) is 0.496. The minimum Gasteiger partial charge on any atom is -0.508 e. The number of aromatic hydroxyl groups is 3. The normalized spacial score (nSPS) is 10.7. The molecule has 5 heteroatoms. The lowest BCUT2D eigenvalue weighted by Gasteiger charge is -2.05. The van der Waals surface area contributed by atoms with E-state index >= 15 is 0 Å². The van der Waals surface area contributed by atoms with Gasteiger partial charge in [-0.05, 0) is 30.3 Å². The van der Waals surface area contributed by atoms with E-state index in [-0.39, 0.29) is 23.0 Å². The van der Waals surface area contributed by atoms with E-state index in [2.05, 4.69) is 0 Å². The van der Waals surface area contributed by atoms with Crippen molar-refractivity contribution in [3.63, 3.8) is 0 Å². The molecule has 0 spiro atoms. The summed E-state index contributed by atoms with van der Waals surface area (Å²) in [6, 6.07) is 11.4. The van der Waals surface area contributed by atoms with Crippen LogP contribution in [0.25, 0.3) is 22.3 Å². The average Bonchev–Trinajstić information content (AvgIpc) is 2.49. The molecule has 0 unspecified atom stereocenters. The fraction of sp³-hybridized carbons (Fsp3) is 0.0625. The van der Waals surface area contributed by atoms with Crippen molar-refractivity contribution in [2.24, 2.45) is 0 Å². The Kier molecular flexibility index (Phi) is 3.02. The number of fused-ring (bicyclic) bond motifs is 1. The van der Waals surface area contributed by atoms with Crippen LogP contribution >= 0.6 is 0 Å². The van der Waals surface area contributed by atoms with E-state index in [0.717, 1.165) is 5.56 Å². The van der Waals surface area contributed by atoms with Crippen molar-refractivity contribution >= 4 is 11.0 Å². The summed E-state index contributed by atoms with van der Waals surface area (Å²) in [4.78, 5) is 0. The van der Waals surface area contributed by atoms with Gasteiger partial charge >= 0.3 is 11.3 Å². The lowest BCUT2D eigenvalue weighted by molar-refractivity contribution is 0.354. The number of ether oxygens (including phenoxy) is 1. The highest BCUT2D eigenvalue weighted by molar-refractivity contribution is 5.89. The Balaban J connectivity index is 2.21. The smallest absolute Gasteiger partial charge is 0.368 e. The molecule has 1 heterocycles. The molecular weight excluding hydrogens is 272 g/mol. The lowest BCUT2D eigenvalue weighted by atomic mass is 10.1. The third-order valence-corrected chi connectivity index (χ3v) is 3.21. The van der Waals surface area contributed by atoms with E-state index in [1.165, 1.54) is 13.2 Å². The summed E-state index contributed by atoms with van der Waals surface area (Å²) in [7, 11) is 1.40. The minimum atomic E-state index is -0.322. The number of phenols is 3. The molecule has 3 aromatic rings. The molecule has 0 aliphatic carbocycles. The number of methoxy groups -OCH3 is 1. The molecular formula is C16H13O5+. The molecule has 0 saturated heterocycles. The molecule has 3 rings (SSSR count). The van der Waals surface area contributed by atoms with E-state index in [4.69, 9.17) is 9.15 Å². The maximum Gasteiger partial charge on any atom is 0.368 e. The molecule has 0 amide bonds. The number of rotatable bonds is 2. The minimum absolute atomic E-state index is 0.158. The number of phenolic OH excluding ortho intramolecular Hbond substituents is 3. The van der Waals surface area contributed by atoms with Gasteiger partial charge in [0.05, 0.1) is 18.7 Å². The van der Waals surface area contributed by atoms with Crippen LogP contribution in [-0.4, -0.2) is 22.4 Å². The number of hydrogen-bond donors (Lipinski definition) is 3. The van der Waals surface area contributed by atoms with Gasteiger partial charge in [-0.25, -0.2) is 4.42 Å². The Hall–Kier alpha value is -2.95. The van der Waals surface area contributed by atoms with Crippen LogP contribution in [0.15, 0.2) is 46.9 Å². The maximum atomic E-state index is 9.77. The highest BCUT2D eigenvalue weighted by Crippen LogP contribution is 2.42. The predicted octanol–water partition coefficient (Wildman–Crippen LogP) is 3.51. The van der Waals surface area contributed by atoms with Crippen LogP contribution in [0.5, 0.6) is 23.0 Å². The Bertz CT molecular complexity index is 809. The first-order valence-corrected chi connectivity index (χ1v) is 6.25. The third-order valence-electron chi connectivity index (χ3n) is 3.21. The van der Waals surface area contributed by atoms with E-state index < -0.39 is 0 Å². The van der Waals surface area contributed by atoms with Crippen molar-refractivity contribution in [1.29, 1.82) is 0 Å². The average molecular weight is 285 g/mol. The zero-order chi connectivity index (χ0) is 15.0. The second kappa shape index (κ2) is 4.86. The lowest BCUT2D eigenvalue weighted by Crippen LogP contribution is -1.87. The van der Waals surface area contributed by atoms with E-state index in [1.807, 2.05) is 0 Å². The van der Waals surface area contributed by atoms with Gasteiger partial charge in [-0.1, -0.05) is 0 Å². The van der Waals surface area contributed by atoms with Crippen LogP contribution < -0.4 is 4.74 Å². The van der Waals surface area contributed by atoms with Gasteiger partial charge < -0.3 is 20.1 Å². The summed E-state index contributed by atoms with van der Waals surface area (Å²) in [5.74, 6) is 0.257. The van der Waals surface area contributed by atoms with Gasteiger partial charge in [0.15, 0.2) is 11.5 Å². The Morgan fingerprint density at radius 3 is 2.33 bits per heavy atom. The molecule has 0 radical (unpaired) electrons. The first kappa shape index (κ1) is 13.1. The topological polar surface area (TPSA) is 81.2 Å². The second-order valence-corrected chi connectivity index (χ2v) is 4.54. The molecule has 0 bridgehead atoms. The van der Waals surface area contributed by atoms with E-state index in [9.17, 15) is 15.3 Å². The molecule has 0 aliphatic rings. The first-order chi connectivity index (χ1) is 10.1. The molecule has 0 saturated carbocycles. The fourth-order valence-corrected chi connectivity index (χ4v) is 2.17. The second-order valence-electron chi connectivity index (χ2n) is 4.54. The van der Waals surface area contributed by atoms with Crippen molar-refractivity contribution in [3.05, 3.63) is 42.5 Å². The Morgan fingerprint density at radius 1 is 0.952 bits per heavy atom.